The van der Waals surface area contributed by atoms with Gasteiger partial charge in [-0.3, -0.25) is 0 Å². The third-order valence-corrected chi connectivity index (χ3v) is 9.69. The van der Waals surface area contributed by atoms with Crippen molar-refractivity contribution in [2.24, 2.45) is 0 Å². The number of hydrogen-bond donors (Lipinski definition) is 2. The molecule has 8 rings (SSSR count). The molecule has 3 aromatic carbocycles. The highest BCUT2D eigenvalue weighted by molar-refractivity contribution is 5.54. The minimum atomic E-state index is -1.05. The van der Waals surface area contributed by atoms with E-state index in [1.165, 1.54) is 4.68 Å². The number of anilines is 2. The summed E-state index contributed by atoms with van der Waals surface area (Å²) in [5.41, 5.74) is 10.6. The lowest BCUT2D eigenvalue weighted by Crippen LogP contribution is -2.46. The molecule has 3 aliphatic rings. The summed E-state index contributed by atoms with van der Waals surface area (Å²) in [6, 6.07) is 23.9. The van der Waals surface area contributed by atoms with Crippen LogP contribution >= 0.6 is 0 Å². The van der Waals surface area contributed by atoms with Crippen molar-refractivity contribution in [1.82, 2.24) is 40.2 Å². The molecule has 0 bridgehead atoms. The third kappa shape index (κ3) is 7.10. The van der Waals surface area contributed by atoms with E-state index in [0.717, 1.165) is 66.5 Å². The Balaban J connectivity index is 0.830. The quantitative estimate of drug-likeness (QED) is 0.147. The number of aryl methyl sites for hydroxylation is 1. The fourth-order valence-electron chi connectivity index (χ4n) is 6.52. The van der Waals surface area contributed by atoms with E-state index < -0.39 is 5.79 Å². The molecule has 0 amide bonds. The maximum atomic E-state index is 12.9. The number of hydrazine groups is 1. The molecule has 2 aromatic heterocycles. The van der Waals surface area contributed by atoms with Crippen LogP contribution in [-0.4, -0.2) is 80.5 Å². The van der Waals surface area contributed by atoms with Gasteiger partial charge in [0.25, 0.3) is 0 Å². The van der Waals surface area contributed by atoms with E-state index >= 15 is 0 Å². The molecule has 5 heterocycles. The van der Waals surface area contributed by atoms with E-state index in [2.05, 4.69) is 73.1 Å². The molecule has 14 heteroatoms. The molecular weight excluding hydrogens is 648 g/mol. The van der Waals surface area contributed by atoms with Crippen LogP contribution < -0.4 is 31.1 Å². The van der Waals surface area contributed by atoms with Crippen molar-refractivity contribution in [1.29, 1.82) is 0 Å². The Morgan fingerprint density at radius 1 is 0.882 bits per heavy atom. The van der Waals surface area contributed by atoms with Gasteiger partial charge in [-0.05, 0) is 67.6 Å². The number of ether oxygens (including phenoxy) is 3. The molecule has 2 atom stereocenters. The largest absolute Gasteiger partial charge is 0.491 e. The lowest BCUT2D eigenvalue weighted by molar-refractivity contribution is -0.192. The predicted octanol–water partition coefficient (Wildman–Crippen LogP) is 2.49. The molecule has 262 valence electrons. The van der Waals surface area contributed by atoms with Crippen LogP contribution in [-0.2, 0) is 28.4 Å². The summed E-state index contributed by atoms with van der Waals surface area (Å²) in [6.45, 7) is 7.14. The maximum absolute atomic E-state index is 12.9. The van der Waals surface area contributed by atoms with Crippen molar-refractivity contribution in [3.05, 3.63) is 113 Å². The number of nitrogens with one attached hydrogen (secondary N) is 2. The Morgan fingerprint density at radius 3 is 2.14 bits per heavy atom. The van der Waals surface area contributed by atoms with Crippen LogP contribution in [0.15, 0.2) is 96.3 Å². The van der Waals surface area contributed by atoms with Crippen molar-refractivity contribution >= 4 is 11.4 Å². The minimum absolute atomic E-state index is 0.109. The third-order valence-electron chi connectivity index (χ3n) is 9.69. The molecule has 3 aliphatic heterocycles. The van der Waals surface area contributed by atoms with Gasteiger partial charge >= 0.3 is 5.69 Å². The van der Waals surface area contributed by atoms with Crippen LogP contribution in [0.5, 0.6) is 5.75 Å². The average Bonchev–Trinajstić information content (AvgIpc) is 3.51. The average molecular weight is 689 g/mol. The molecule has 5 aromatic rings. The smallest absolute Gasteiger partial charge is 0.350 e. The fourth-order valence-corrected chi connectivity index (χ4v) is 6.52. The van der Waals surface area contributed by atoms with Gasteiger partial charge in [0.05, 0.1) is 30.4 Å². The lowest BCUT2D eigenvalue weighted by Gasteiger charge is -2.37. The zero-order chi connectivity index (χ0) is 34.8. The van der Waals surface area contributed by atoms with Gasteiger partial charge in [0, 0.05) is 61.6 Å². The molecule has 3 fully saturated rings. The first-order valence-corrected chi connectivity index (χ1v) is 17.1. The second-order valence-electron chi connectivity index (χ2n) is 13.2. The number of piperazine rings is 1. The summed E-state index contributed by atoms with van der Waals surface area (Å²) in [6.07, 6.45) is 10.9. The van der Waals surface area contributed by atoms with Gasteiger partial charge in [0.2, 0.25) is 5.79 Å². The van der Waals surface area contributed by atoms with Crippen LogP contribution in [0.3, 0.4) is 0 Å². The topological polar surface area (TPSA) is 149 Å². The van der Waals surface area contributed by atoms with Crippen LogP contribution in [0.2, 0.25) is 0 Å². The number of rotatable bonds is 12. The highest BCUT2D eigenvalue weighted by atomic mass is 16.8. The number of hydrogen-bond acceptors (Lipinski definition) is 11. The first kappa shape index (κ1) is 32.7. The number of benzene rings is 3. The highest BCUT2D eigenvalue weighted by Gasteiger charge is 2.44. The van der Waals surface area contributed by atoms with E-state index in [9.17, 15) is 4.79 Å². The van der Waals surface area contributed by atoms with Crippen LogP contribution in [0.4, 0.5) is 11.4 Å². The second-order valence-corrected chi connectivity index (χ2v) is 13.2. The molecular formula is C37H40N10O4. The number of aromatic nitrogens is 6. The zero-order valence-electron chi connectivity index (χ0n) is 28.4. The molecule has 0 spiro atoms. The van der Waals surface area contributed by atoms with Crippen molar-refractivity contribution < 1.29 is 14.2 Å². The van der Waals surface area contributed by atoms with E-state index in [4.69, 9.17) is 20.6 Å². The Bertz CT molecular complexity index is 2030. The molecule has 3 saturated heterocycles. The molecule has 0 unspecified atom stereocenters. The van der Waals surface area contributed by atoms with Crippen molar-refractivity contribution in [2.75, 3.05) is 49.2 Å². The molecule has 2 N–H and O–H groups in total. The van der Waals surface area contributed by atoms with Gasteiger partial charge in [0.15, 0.2) is 0 Å². The summed E-state index contributed by atoms with van der Waals surface area (Å²) in [4.78, 5) is 19.2. The first-order chi connectivity index (χ1) is 24.9. The van der Waals surface area contributed by atoms with Gasteiger partial charge in [-0.15, -0.1) is 6.42 Å². The SMILES string of the molecule is C#Cc1ccc([C@]2(Cn3nccn3)OC[C@@H](COc3ccc(N4CCN(c5ccc(-n6cnn(CCC7(C)NN7)c6=O)cc5)CC4)cc3)O2)cc1. The molecule has 51 heavy (non-hydrogen) atoms. The van der Waals surface area contributed by atoms with Gasteiger partial charge < -0.3 is 24.0 Å². The predicted molar refractivity (Wildman–Crippen MR) is 190 cm³/mol. The maximum Gasteiger partial charge on any atom is 0.350 e. The lowest BCUT2D eigenvalue weighted by atomic mass is 10.0. The highest BCUT2D eigenvalue weighted by Crippen LogP contribution is 2.36. The standard InChI is InChI=1S/C37H40N10O4/c1-3-28-4-6-29(7-5-28)37(26-47-38-17-18-39-47)50-25-34(51-37)24-49-33-14-12-31(13-15-33)44-22-20-43(21-23-44)30-8-10-32(11-9-30)45-27-40-46(35(45)48)19-16-36(2)41-42-36/h1,4-15,17-18,27,34,41-42H,16,19-26H2,2H3/t34-,37-/m1/s1. The van der Waals surface area contributed by atoms with Gasteiger partial charge in [-0.1, -0.05) is 18.1 Å². The summed E-state index contributed by atoms with van der Waals surface area (Å²) in [5.74, 6) is 2.36. The minimum Gasteiger partial charge on any atom is -0.491 e. The Hall–Kier alpha value is -5.46. The van der Waals surface area contributed by atoms with E-state index in [1.54, 1.807) is 28.1 Å². The van der Waals surface area contributed by atoms with Gasteiger partial charge in [-0.2, -0.15) is 20.1 Å². The summed E-state index contributed by atoms with van der Waals surface area (Å²) < 4.78 is 22.0. The number of nitrogens with zero attached hydrogens (tertiary/aromatic N) is 8. The monoisotopic (exact) mass is 688 g/mol. The van der Waals surface area contributed by atoms with E-state index in [1.807, 2.05) is 48.5 Å². The zero-order valence-corrected chi connectivity index (χ0v) is 28.4. The Kier molecular flexibility index (Phi) is 8.78. The van der Waals surface area contributed by atoms with Crippen molar-refractivity contribution in [3.63, 3.8) is 0 Å². The summed E-state index contributed by atoms with van der Waals surface area (Å²) in [7, 11) is 0. The fraction of sp³-hybridized carbons (Fsp3) is 0.351. The Morgan fingerprint density at radius 2 is 1.51 bits per heavy atom. The first-order valence-electron chi connectivity index (χ1n) is 17.1. The summed E-state index contributed by atoms with van der Waals surface area (Å²) in [5, 5.41) is 12.8. The summed E-state index contributed by atoms with van der Waals surface area (Å²) >= 11 is 0. The van der Waals surface area contributed by atoms with Crippen LogP contribution in [0, 0.1) is 12.3 Å². The molecule has 0 radical (unpaired) electrons. The van der Waals surface area contributed by atoms with Crippen LogP contribution in [0.25, 0.3) is 5.69 Å². The van der Waals surface area contributed by atoms with E-state index in [0.29, 0.717) is 26.3 Å². The van der Waals surface area contributed by atoms with Gasteiger partial charge in [0.1, 0.15) is 31.3 Å². The number of terminal acetylenes is 1. The molecule has 0 saturated carbocycles. The normalized spacial score (nSPS) is 21.1. The Labute approximate surface area is 295 Å². The second kappa shape index (κ2) is 13.7. The van der Waals surface area contributed by atoms with Gasteiger partial charge in [-0.25, -0.2) is 24.9 Å². The molecule has 0 aliphatic carbocycles. The van der Waals surface area contributed by atoms with E-state index in [-0.39, 0.29) is 17.5 Å². The van der Waals surface area contributed by atoms with Crippen LogP contribution in [0.1, 0.15) is 24.5 Å². The van der Waals surface area contributed by atoms with Crippen molar-refractivity contribution in [3.8, 4) is 23.8 Å². The molecule has 14 nitrogen and oxygen atoms in total. The van der Waals surface area contributed by atoms with Crippen molar-refractivity contribution in [2.45, 2.75) is 44.0 Å².